The summed E-state index contributed by atoms with van der Waals surface area (Å²) in [7, 11) is 4.63. The molecular weight excluding hydrogens is 348 g/mol. The van der Waals surface area contributed by atoms with Gasteiger partial charge in [-0.3, -0.25) is 4.79 Å². The van der Waals surface area contributed by atoms with Gasteiger partial charge < -0.3 is 19.5 Å². The van der Waals surface area contributed by atoms with Gasteiger partial charge >= 0.3 is 0 Å². The Labute approximate surface area is 156 Å². The van der Waals surface area contributed by atoms with Gasteiger partial charge in [-0.1, -0.05) is 23.4 Å². The summed E-state index contributed by atoms with van der Waals surface area (Å²) < 4.78 is 17.3. The Kier molecular flexibility index (Phi) is 5.68. The Morgan fingerprint density at radius 1 is 1.07 bits per heavy atom. The van der Waals surface area contributed by atoms with Crippen molar-refractivity contribution in [1.29, 1.82) is 0 Å². The summed E-state index contributed by atoms with van der Waals surface area (Å²) in [6.07, 6.45) is 0. The van der Waals surface area contributed by atoms with Crippen LogP contribution < -0.4 is 14.8 Å². The van der Waals surface area contributed by atoms with Crippen LogP contribution in [0.4, 0.5) is 5.69 Å². The van der Waals surface area contributed by atoms with Crippen LogP contribution in [0.3, 0.4) is 0 Å². The summed E-state index contributed by atoms with van der Waals surface area (Å²) in [5.41, 5.74) is 2.02. The molecule has 8 heteroatoms. The molecule has 0 radical (unpaired) electrons. The number of benzene rings is 2. The molecular formula is C19H20N4O4. The zero-order valence-corrected chi connectivity index (χ0v) is 15.3. The van der Waals surface area contributed by atoms with Gasteiger partial charge in [0.05, 0.1) is 32.2 Å². The maximum absolute atomic E-state index is 12.8. The first-order valence-electron chi connectivity index (χ1n) is 8.20. The standard InChI is InChI=1S/C19H20N4O4/c1-25-12-16-18(21-22-23(16)13-7-5-4-6-8-13)19(24)20-15-10-9-14(26-2)11-17(15)27-3/h4-11H,12H2,1-3H3,(H,20,24). The first-order chi connectivity index (χ1) is 13.2. The predicted octanol–water partition coefficient (Wildman–Crippen LogP) is 2.68. The molecule has 3 aromatic rings. The number of hydrogen-bond donors (Lipinski definition) is 1. The van der Waals surface area contributed by atoms with Gasteiger partial charge in [-0.15, -0.1) is 5.10 Å². The van der Waals surface area contributed by atoms with Crippen LogP contribution in [0.2, 0.25) is 0 Å². The Hall–Kier alpha value is -3.39. The minimum atomic E-state index is -0.410. The zero-order valence-electron chi connectivity index (χ0n) is 15.3. The second-order valence-electron chi connectivity index (χ2n) is 5.59. The molecule has 1 aromatic heterocycles. The van der Waals surface area contributed by atoms with Gasteiger partial charge in [0.15, 0.2) is 5.69 Å². The molecule has 0 aliphatic heterocycles. The Morgan fingerprint density at radius 2 is 1.85 bits per heavy atom. The van der Waals surface area contributed by atoms with E-state index in [0.29, 0.717) is 22.9 Å². The van der Waals surface area contributed by atoms with Gasteiger partial charge in [0.1, 0.15) is 17.2 Å². The fourth-order valence-electron chi connectivity index (χ4n) is 2.60. The molecule has 27 heavy (non-hydrogen) atoms. The molecule has 0 aliphatic rings. The van der Waals surface area contributed by atoms with Crippen molar-refractivity contribution in [3.8, 4) is 17.2 Å². The van der Waals surface area contributed by atoms with Crippen LogP contribution in [0.25, 0.3) is 5.69 Å². The van der Waals surface area contributed by atoms with Crippen LogP contribution >= 0.6 is 0 Å². The molecule has 0 saturated carbocycles. The van der Waals surface area contributed by atoms with Crippen LogP contribution in [-0.2, 0) is 11.3 Å². The molecule has 140 valence electrons. The van der Waals surface area contributed by atoms with Crippen LogP contribution in [-0.4, -0.2) is 42.2 Å². The van der Waals surface area contributed by atoms with Gasteiger partial charge in [0.25, 0.3) is 5.91 Å². The van der Waals surface area contributed by atoms with E-state index in [9.17, 15) is 4.79 Å². The van der Waals surface area contributed by atoms with E-state index in [2.05, 4.69) is 15.6 Å². The van der Waals surface area contributed by atoms with E-state index in [0.717, 1.165) is 5.69 Å². The lowest BCUT2D eigenvalue weighted by Gasteiger charge is -2.11. The van der Waals surface area contributed by atoms with Crippen molar-refractivity contribution < 1.29 is 19.0 Å². The predicted molar refractivity (Wildman–Crippen MR) is 99.6 cm³/mol. The second kappa shape index (κ2) is 8.33. The van der Waals surface area contributed by atoms with Crippen LogP contribution in [0.5, 0.6) is 11.5 Å². The average Bonchev–Trinajstić information content (AvgIpc) is 3.13. The molecule has 1 amide bonds. The van der Waals surface area contributed by atoms with E-state index in [1.165, 1.54) is 7.11 Å². The molecule has 2 aromatic carbocycles. The van der Waals surface area contributed by atoms with Crippen molar-refractivity contribution in [1.82, 2.24) is 15.0 Å². The third-order valence-corrected chi connectivity index (χ3v) is 3.92. The van der Waals surface area contributed by atoms with Gasteiger partial charge in [-0.25, -0.2) is 4.68 Å². The number of nitrogens with zero attached hydrogens (tertiary/aromatic N) is 3. The van der Waals surface area contributed by atoms with Crippen LogP contribution in [0, 0.1) is 0 Å². The number of rotatable bonds is 7. The fourth-order valence-corrected chi connectivity index (χ4v) is 2.60. The summed E-state index contributed by atoms with van der Waals surface area (Å²) in [4.78, 5) is 12.8. The van der Waals surface area contributed by atoms with Crippen molar-refractivity contribution in [3.05, 3.63) is 59.9 Å². The normalized spacial score (nSPS) is 10.5. The highest BCUT2D eigenvalue weighted by molar-refractivity contribution is 6.04. The third-order valence-electron chi connectivity index (χ3n) is 3.92. The first kappa shape index (κ1) is 18.4. The maximum Gasteiger partial charge on any atom is 0.278 e. The van der Waals surface area contributed by atoms with E-state index in [1.54, 1.807) is 37.1 Å². The second-order valence-corrected chi connectivity index (χ2v) is 5.59. The number of anilines is 1. The largest absolute Gasteiger partial charge is 0.497 e. The summed E-state index contributed by atoms with van der Waals surface area (Å²) in [6, 6.07) is 14.5. The molecule has 1 heterocycles. The van der Waals surface area contributed by atoms with Gasteiger partial charge in [0.2, 0.25) is 0 Å². The maximum atomic E-state index is 12.8. The quantitative estimate of drug-likeness (QED) is 0.690. The van der Waals surface area contributed by atoms with Crippen molar-refractivity contribution in [2.45, 2.75) is 6.61 Å². The van der Waals surface area contributed by atoms with Gasteiger partial charge in [-0.2, -0.15) is 0 Å². The third kappa shape index (κ3) is 3.90. The number of ether oxygens (including phenoxy) is 3. The number of methoxy groups -OCH3 is 3. The van der Waals surface area contributed by atoms with Crippen molar-refractivity contribution >= 4 is 11.6 Å². The first-order valence-corrected chi connectivity index (χ1v) is 8.20. The zero-order chi connectivity index (χ0) is 19.2. The van der Waals surface area contributed by atoms with E-state index in [4.69, 9.17) is 14.2 Å². The van der Waals surface area contributed by atoms with Crippen LogP contribution in [0.1, 0.15) is 16.2 Å². The number of aromatic nitrogens is 3. The number of para-hydroxylation sites is 1. The summed E-state index contributed by atoms with van der Waals surface area (Å²) in [6.45, 7) is 0.185. The lowest BCUT2D eigenvalue weighted by molar-refractivity contribution is 0.101. The molecule has 0 atom stereocenters. The Morgan fingerprint density at radius 3 is 2.52 bits per heavy atom. The van der Waals surface area contributed by atoms with E-state index >= 15 is 0 Å². The molecule has 0 fully saturated rings. The SMILES string of the molecule is COCc1c(C(=O)Nc2ccc(OC)cc2OC)nnn1-c1ccccc1. The lowest BCUT2D eigenvalue weighted by Crippen LogP contribution is -2.16. The summed E-state index contributed by atoms with van der Waals surface area (Å²) >= 11 is 0. The molecule has 0 bridgehead atoms. The molecule has 0 aliphatic carbocycles. The summed E-state index contributed by atoms with van der Waals surface area (Å²) in [5, 5.41) is 11.0. The average molecular weight is 368 g/mol. The van der Waals surface area contributed by atoms with E-state index in [-0.39, 0.29) is 12.3 Å². The molecule has 0 unspecified atom stereocenters. The monoisotopic (exact) mass is 368 g/mol. The Balaban J connectivity index is 1.92. The van der Waals surface area contributed by atoms with E-state index < -0.39 is 5.91 Å². The number of carbonyl (C=O) groups is 1. The topological polar surface area (TPSA) is 87.5 Å². The van der Waals surface area contributed by atoms with Crippen molar-refractivity contribution in [2.75, 3.05) is 26.6 Å². The number of carbonyl (C=O) groups excluding carboxylic acids is 1. The van der Waals surface area contributed by atoms with Crippen molar-refractivity contribution in [2.24, 2.45) is 0 Å². The molecule has 1 N–H and O–H groups in total. The number of nitrogens with one attached hydrogen (secondary N) is 1. The molecule has 3 rings (SSSR count). The van der Waals surface area contributed by atoms with Gasteiger partial charge in [-0.05, 0) is 24.3 Å². The highest BCUT2D eigenvalue weighted by Gasteiger charge is 2.21. The Bertz CT molecular complexity index is 925. The number of hydrogen-bond acceptors (Lipinski definition) is 6. The molecule has 0 saturated heterocycles. The summed E-state index contributed by atoms with van der Waals surface area (Å²) in [5.74, 6) is 0.694. The van der Waals surface area contributed by atoms with Gasteiger partial charge in [0, 0.05) is 13.2 Å². The highest BCUT2D eigenvalue weighted by Crippen LogP contribution is 2.29. The smallest absolute Gasteiger partial charge is 0.278 e. The minimum Gasteiger partial charge on any atom is -0.497 e. The van der Waals surface area contributed by atoms with E-state index in [1.807, 2.05) is 30.3 Å². The fraction of sp³-hybridized carbons (Fsp3) is 0.211. The highest BCUT2D eigenvalue weighted by atomic mass is 16.5. The van der Waals surface area contributed by atoms with Crippen LogP contribution in [0.15, 0.2) is 48.5 Å². The minimum absolute atomic E-state index is 0.179. The number of amides is 1. The van der Waals surface area contributed by atoms with Crippen molar-refractivity contribution in [3.63, 3.8) is 0 Å². The molecule has 8 nitrogen and oxygen atoms in total. The lowest BCUT2D eigenvalue weighted by atomic mass is 10.2. The molecule has 0 spiro atoms.